The number of aliphatic hydroxyl groups is 1. The topological polar surface area (TPSA) is 23.5 Å². The second-order valence-corrected chi connectivity index (χ2v) is 5.68. The van der Waals surface area contributed by atoms with Crippen LogP contribution in [-0.2, 0) is 0 Å². The van der Waals surface area contributed by atoms with Gasteiger partial charge in [-0.3, -0.25) is 4.90 Å². The molecule has 0 spiro atoms. The van der Waals surface area contributed by atoms with E-state index in [1.165, 1.54) is 32.4 Å². The zero-order valence-electron chi connectivity index (χ0n) is 9.50. The highest BCUT2D eigenvalue weighted by molar-refractivity contribution is 4.93. The number of nitrogens with zero attached hydrogens (tertiary/aromatic N) is 1. The molecule has 0 aromatic heterocycles. The molecule has 1 aliphatic carbocycles. The van der Waals surface area contributed by atoms with Crippen LogP contribution in [0.25, 0.3) is 0 Å². The predicted molar refractivity (Wildman–Crippen MR) is 58.2 cm³/mol. The van der Waals surface area contributed by atoms with E-state index in [0.29, 0.717) is 11.5 Å². The van der Waals surface area contributed by atoms with Crippen molar-refractivity contribution in [2.24, 2.45) is 5.41 Å². The molecule has 2 aliphatic rings. The van der Waals surface area contributed by atoms with Gasteiger partial charge in [-0.05, 0) is 50.6 Å². The number of likely N-dealkylation sites (tertiary alicyclic amines) is 1. The number of aliphatic hydroxyl groups excluding tert-OH is 1. The maximum Gasteiger partial charge on any atom is 0.0555 e. The first-order valence-electron chi connectivity index (χ1n) is 6.02. The third-order valence-electron chi connectivity index (χ3n) is 4.10. The molecule has 82 valence electrons. The van der Waals surface area contributed by atoms with Crippen molar-refractivity contribution < 1.29 is 5.11 Å². The Morgan fingerprint density at radius 3 is 2.50 bits per heavy atom. The van der Waals surface area contributed by atoms with E-state index in [-0.39, 0.29) is 6.10 Å². The third kappa shape index (κ3) is 1.96. The molecular formula is C12H23NO. The van der Waals surface area contributed by atoms with Crippen LogP contribution >= 0.6 is 0 Å². The largest absolute Gasteiger partial charge is 0.393 e. The number of rotatable bonds is 1. The molecule has 1 saturated heterocycles. The molecular weight excluding hydrogens is 174 g/mol. The SMILES string of the molecule is CC1(C)CCC(O)CC1N1CCCC1. The van der Waals surface area contributed by atoms with Gasteiger partial charge in [-0.1, -0.05) is 13.8 Å². The van der Waals surface area contributed by atoms with E-state index >= 15 is 0 Å². The molecule has 1 N–H and O–H groups in total. The minimum Gasteiger partial charge on any atom is -0.393 e. The van der Waals surface area contributed by atoms with Crippen LogP contribution < -0.4 is 0 Å². The van der Waals surface area contributed by atoms with Crippen LogP contribution in [0.15, 0.2) is 0 Å². The first-order valence-corrected chi connectivity index (χ1v) is 6.02. The van der Waals surface area contributed by atoms with Crippen LogP contribution in [0.3, 0.4) is 0 Å². The molecule has 0 aromatic rings. The van der Waals surface area contributed by atoms with Gasteiger partial charge in [0, 0.05) is 6.04 Å². The van der Waals surface area contributed by atoms with Gasteiger partial charge in [0.2, 0.25) is 0 Å². The van der Waals surface area contributed by atoms with E-state index in [1.807, 2.05) is 0 Å². The summed E-state index contributed by atoms with van der Waals surface area (Å²) in [5, 5.41) is 9.75. The molecule has 2 atom stereocenters. The van der Waals surface area contributed by atoms with Gasteiger partial charge in [-0.15, -0.1) is 0 Å². The normalized spacial score (nSPS) is 38.8. The minimum atomic E-state index is -0.0476. The highest BCUT2D eigenvalue weighted by atomic mass is 16.3. The Morgan fingerprint density at radius 2 is 1.86 bits per heavy atom. The van der Waals surface area contributed by atoms with Gasteiger partial charge < -0.3 is 5.11 Å². The summed E-state index contributed by atoms with van der Waals surface area (Å²) in [7, 11) is 0. The molecule has 0 radical (unpaired) electrons. The zero-order chi connectivity index (χ0) is 10.2. The molecule has 0 aromatic carbocycles. The Kier molecular flexibility index (Phi) is 2.85. The predicted octanol–water partition coefficient (Wildman–Crippen LogP) is 2.02. The second kappa shape index (κ2) is 3.82. The Hall–Kier alpha value is -0.0800. The molecule has 1 saturated carbocycles. The van der Waals surface area contributed by atoms with Crippen molar-refractivity contribution in [2.45, 2.75) is 58.1 Å². The number of hydrogen-bond donors (Lipinski definition) is 1. The lowest BCUT2D eigenvalue weighted by molar-refractivity contribution is -0.00210. The summed E-state index contributed by atoms with van der Waals surface area (Å²) < 4.78 is 0. The summed E-state index contributed by atoms with van der Waals surface area (Å²) in [5.41, 5.74) is 0.406. The molecule has 2 heteroatoms. The number of hydrogen-bond acceptors (Lipinski definition) is 2. The minimum absolute atomic E-state index is 0.0476. The first kappa shape index (κ1) is 10.4. The molecule has 0 amide bonds. The summed E-state index contributed by atoms with van der Waals surface area (Å²) in [6, 6.07) is 0.619. The van der Waals surface area contributed by atoms with Crippen molar-refractivity contribution in [3.63, 3.8) is 0 Å². The molecule has 1 heterocycles. The first-order chi connectivity index (χ1) is 6.59. The van der Waals surface area contributed by atoms with E-state index in [0.717, 1.165) is 12.8 Å². The van der Waals surface area contributed by atoms with Gasteiger partial charge in [-0.2, -0.15) is 0 Å². The summed E-state index contributed by atoms with van der Waals surface area (Å²) in [5.74, 6) is 0. The molecule has 2 nitrogen and oxygen atoms in total. The quantitative estimate of drug-likeness (QED) is 0.695. The van der Waals surface area contributed by atoms with E-state index in [2.05, 4.69) is 18.7 Å². The fourth-order valence-corrected chi connectivity index (χ4v) is 3.10. The average molecular weight is 197 g/mol. The van der Waals surface area contributed by atoms with Crippen molar-refractivity contribution in [3.05, 3.63) is 0 Å². The lowest BCUT2D eigenvalue weighted by Crippen LogP contribution is -2.49. The molecule has 0 bridgehead atoms. The van der Waals surface area contributed by atoms with Gasteiger partial charge in [-0.25, -0.2) is 0 Å². The smallest absolute Gasteiger partial charge is 0.0555 e. The van der Waals surface area contributed by atoms with Crippen LogP contribution in [0.1, 0.15) is 46.0 Å². The molecule has 2 rings (SSSR count). The van der Waals surface area contributed by atoms with Crippen LogP contribution in [0.4, 0.5) is 0 Å². The van der Waals surface area contributed by atoms with Crippen LogP contribution in [0, 0.1) is 5.41 Å². The van der Waals surface area contributed by atoms with Crippen molar-refractivity contribution in [3.8, 4) is 0 Å². The van der Waals surface area contributed by atoms with E-state index in [1.54, 1.807) is 0 Å². The highest BCUT2D eigenvalue weighted by Crippen LogP contribution is 2.39. The Bertz CT molecular complexity index is 196. The van der Waals surface area contributed by atoms with E-state index in [9.17, 15) is 5.11 Å². The molecule has 14 heavy (non-hydrogen) atoms. The fraction of sp³-hybridized carbons (Fsp3) is 1.00. The van der Waals surface area contributed by atoms with Gasteiger partial charge in [0.05, 0.1) is 6.10 Å². The average Bonchev–Trinajstić information content (AvgIpc) is 2.62. The maximum atomic E-state index is 9.75. The lowest BCUT2D eigenvalue weighted by atomic mass is 9.71. The maximum absolute atomic E-state index is 9.75. The van der Waals surface area contributed by atoms with Crippen LogP contribution in [0.2, 0.25) is 0 Å². The fourth-order valence-electron chi connectivity index (χ4n) is 3.10. The van der Waals surface area contributed by atoms with E-state index in [4.69, 9.17) is 0 Å². The summed E-state index contributed by atoms with van der Waals surface area (Å²) in [6.07, 6.45) is 5.82. The van der Waals surface area contributed by atoms with Gasteiger partial charge in [0.25, 0.3) is 0 Å². The van der Waals surface area contributed by atoms with Crippen molar-refractivity contribution in [1.29, 1.82) is 0 Å². The summed E-state index contributed by atoms with van der Waals surface area (Å²) in [6.45, 7) is 7.23. The van der Waals surface area contributed by atoms with Gasteiger partial charge in [0.15, 0.2) is 0 Å². The van der Waals surface area contributed by atoms with Crippen molar-refractivity contribution in [2.75, 3.05) is 13.1 Å². The van der Waals surface area contributed by atoms with E-state index < -0.39 is 0 Å². The summed E-state index contributed by atoms with van der Waals surface area (Å²) in [4.78, 5) is 2.60. The molecule has 1 aliphatic heterocycles. The highest BCUT2D eigenvalue weighted by Gasteiger charge is 2.39. The Balaban J connectivity index is 2.05. The van der Waals surface area contributed by atoms with Gasteiger partial charge >= 0.3 is 0 Å². The van der Waals surface area contributed by atoms with Crippen molar-refractivity contribution in [1.82, 2.24) is 4.90 Å². The Labute approximate surface area is 87.3 Å². The molecule has 2 fully saturated rings. The zero-order valence-corrected chi connectivity index (χ0v) is 9.50. The summed E-state index contributed by atoms with van der Waals surface area (Å²) >= 11 is 0. The van der Waals surface area contributed by atoms with Gasteiger partial charge in [0.1, 0.15) is 0 Å². The van der Waals surface area contributed by atoms with Crippen LogP contribution in [0.5, 0.6) is 0 Å². The standard InChI is InChI=1S/C12H23NO/c1-12(2)6-5-10(14)9-11(12)13-7-3-4-8-13/h10-11,14H,3-9H2,1-2H3. The Morgan fingerprint density at radius 1 is 1.21 bits per heavy atom. The third-order valence-corrected chi connectivity index (χ3v) is 4.10. The monoisotopic (exact) mass is 197 g/mol. The van der Waals surface area contributed by atoms with Crippen LogP contribution in [-0.4, -0.2) is 35.2 Å². The molecule has 2 unspecified atom stereocenters. The van der Waals surface area contributed by atoms with Crippen molar-refractivity contribution >= 4 is 0 Å². The second-order valence-electron chi connectivity index (χ2n) is 5.68. The lowest BCUT2D eigenvalue weighted by Gasteiger charge is -2.45.